The Morgan fingerprint density at radius 2 is 2.08 bits per heavy atom. The van der Waals surface area contributed by atoms with Crippen molar-refractivity contribution >= 4 is 5.97 Å². The molecule has 2 heterocycles. The van der Waals surface area contributed by atoms with Crippen LogP contribution in [-0.4, -0.2) is 36.6 Å². The summed E-state index contributed by atoms with van der Waals surface area (Å²) in [5, 5.41) is 0. The summed E-state index contributed by atoms with van der Waals surface area (Å²) < 4.78 is 5.48. The number of hydrogen-bond acceptors (Lipinski definition) is 3. The molecule has 2 rings (SSSR count). The molecule has 2 saturated heterocycles. The Bertz CT molecular complexity index is 219. The summed E-state index contributed by atoms with van der Waals surface area (Å²) in [6.07, 6.45) is 2.96. The second-order valence-electron chi connectivity index (χ2n) is 4.51. The topological polar surface area (TPSA) is 29.5 Å². The van der Waals surface area contributed by atoms with Crippen LogP contribution in [0, 0.1) is 5.92 Å². The summed E-state index contributed by atoms with van der Waals surface area (Å²) in [5.41, 5.74) is -0.0942. The average molecular weight is 183 g/mol. The van der Waals surface area contributed by atoms with Crippen LogP contribution in [0.3, 0.4) is 0 Å². The highest BCUT2D eigenvalue weighted by Gasteiger charge is 2.45. The summed E-state index contributed by atoms with van der Waals surface area (Å²) in [4.78, 5) is 13.6. The van der Waals surface area contributed by atoms with Crippen LogP contribution in [0.1, 0.15) is 26.2 Å². The van der Waals surface area contributed by atoms with Gasteiger partial charge in [-0.3, -0.25) is 4.79 Å². The molecular formula is C10H17NO2. The lowest BCUT2D eigenvalue weighted by molar-refractivity contribution is -0.153. The van der Waals surface area contributed by atoms with Gasteiger partial charge in [-0.25, -0.2) is 0 Å². The molecule has 3 heteroatoms. The van der Waals surface area contributed by atoms with E-state index in [-0.39, 0.29) is 17.5 Å². The molecule has 74 valence electrons. The standard InChI is InChI=1S/C10H17NO2/c1-8-7-10(13-9(8)12)3-5-11(2)6-4-10/h8H,3-7H2,1-2H3. The predicted molar refractivity (Wildman–Crippen MR) is 49.3 cm³/mol. The van der Waals surface area contributed by atoms with Crippen molar-refractivity contribution in [1.82, 2.24) is 4.90 Å². The zero-order valence-corrected chi connectivity index (χ0v) is 8.38. The second kappa shape index (κ2) is 2.98. The van der Waals surface area contributed by atoms with E-state index >= 15 is 0 Å². The number of carbonyl (C=O) groups excluding carboxylic acids is 1. The number of likely N-dealkylation sites (tertiary alicyclic amines) is 1. The van der Waals surface area contributed by atoms with Crippen LogP contribution in [0.25, 0.3) is 0 Å². The number of hydrogen-bond donors (Lipinski definition) is 0. The normalized spacial score (nSPS) is 33.7. The molecule has 0 aromatic heterocycles. The SMILES string of the molecule is CC1CC2(CCN(C)CC2)OC1=O. The van der Waals surface area contributed by atoms with Gasteiger partial charge in [0.05, 0.1) is 5.92 Å². The third kappa shape index (κ3) is 1.57. The van der Waals surface area contributed by atoms with E-state index in [9.17, 15) is 4.79 Å². The molecule has 1 spiro atoms. The molecule has 0 bridgehead atoms. The van der Waals surface area contributed by atoms with Crippen molar-refractivity contribution in [3.05, 3.63) is 0 Å². The molecule has 0 aliphatic carbocycles. The van der Waals surface area contributed by atoms with Gasteiger partial charge in [0, 0.05) is 19.5 Å². The van der Waals surface area contributed by atoms with E-state index in [1.54, 1.807) is 0 Å². The Morgan fingerprint density at radius 1 is 1.46 bits per heavy atom. The molecule has 2 aliphatic heterocycles. The first-order valence-corrected chi connectivity index (χ1v) is 5.03. The van der Waals surface area contributed by atoms with Gasteiger partial charge in [0.2, 0.25) is 0 Å². The van der Waals surface area contributed by atoms with Gasteiger partial charge in [0.15, 0.2) is 0 Å². The number of rotatable bonds is 0. The molecule has 0 amide bonds. The van der Waals surface area contributed by atoms with E-state index in [1.807, 2.05) is 6.92 Å². The third-order valence-electron chi connectivity index (χ3n) is 3.30. The minimum Gasteiger partial charge on any atom is -0.459 e. The smallest absolute Gasteiger partial charge is 0.309 e. The van der Waals surface area contributed by atoms with Crippen LogP contribution in [0.2, 0.25) is 0 Å². The Kier molecular flexibility index (Phi) is 2.06. The van der Waals surface area contributed by atoms with E-state index < -0.39 is 0 Å². The Balaban J connectivity index is 2.03. The number of piperidine rings is 1. The van der Waals surface area contributed by atoms with Crippen LogP contribution >= 0.6 is 0 Å². The van der Waals surface area contributed by atoms with Crippen molar-refractivity contribution in [2.45, 2.75) is 31.8 Å². The van der Waals surface area contributed by atoms with Crippen molar-refractivity contribution in [1.29, 1.82) is 0 Å². The lowest BCUT2D eigenvalue weighted by Gasteiger charge is -2.36. The average Bonchev–Trinajstić information content (AvgIpc) is 2.36. The zero-order valence-electron chi connectivity index (χ0n) is 8.38. The predicted octanol–water partition coefficient (Wildman–Crippen LogP) is 1.03. The molecule has 0 radical (unpaired) electrons. The van der Waals surface area contributed by atoms with Gasteiger partial charge in [-0.2, -0.15) is 0 Å². The van der Waals surface area contributed by atoms with Crippen LogP contribution in [0.4, 0.5) is 0 Å². The van der Waals surface area contributed by atoms with E-state index in [4.69, 9.17) is 4.74 Å². The van der Waals surface area contributed by atoms with Crippen molar-refractivity contribution in [3.63, 3.8) is 0 Å². The highest BCUT2D eigenvalue weighted by atomic mass is 16.6. The molecule has 13 heavy (non-hydrogen) atoms. The third-order valence-corrected chi connectivity index (χ3v) is 3.30. The molecule has 2 aliphatic rings. The fraction of sp³-hybridized carbons (Fsp3) is 0.900. The number of nitrogens with zero attached hydrogens (tertiary/aromatic N) is 1. The first-order chi connectivity index (χ1) is 6.11. The molecule has 0 aromatic rings. The van der Waals surface area contributed by atoms with Crippen molar-refractivity contribution in [3.8, 4) is 0 Å². The zero-order chi connectivity index (χ0) is 9.47. The fourth-order valence-electron chi connectivity index (χ4n) is 2.33. The maximum atomic E-state index is 11.3. The lowest BCUT2D eigenvalue weighted by Crippen LogP contribution is -2.42. The Morgan fingerprint density at radius 3 is 2.54 bits per heavy atom. The highest BCUT2D eigenvalue weighted by Crippen LogP contribution is 2.38. The fourth-order valence-corrected chi connectivity index (χ4v) is 2.33. The van der Waals surface area contributed by atoms with Gasteiger partial charge in [0.25, 0.3) is 0 Å². The summed E-state index contributed by atoms with van der Waals surface area (Å²) in [6.45, 7) is 4.08. The van der Waals surface area contributed by atoms with Crippen molar-refractivity contribution < 1.29 is 9.53 Å². The van der Waals surface area contributed by atoms with Crippen LogP contribution in [-0.2, 0) is 9.53 Å². The van der Waals surface area contributed by atoms with Crippen molar-refractivity contribution in [2.24, 2.45) is 5.92 Å². The van der Waals surface area contributed by atoms with E-state index in [2.05, 4.69) is 11.9 Å². The van der Waals surface area contributed by atoms with Gasteiger partial charge in [-0.15, -0.1) is 0 Å². The maximum Gasteiger partial charge on any atom is 0.309 e. The molecular weight excluding hydrogens is 166 g/mol. The van der Waals surface area contributed by atoms with Gasteiger partial charge in [-0.1, -0.05) is 6.92 Å². The summed E-state index contributed by atoms with van der Waals surface area (Å²) in [5.74, 6) is 0.118. The van der Waals surface area contributed by atoms with Crippen LogP contribution < -0.4 is 0 Å². The molecule has 3 nitrogen and oxygen atoms in total. The quantitative estimate of drug-likeness (QED) is 0.525. The monoisotopic (exact) mass is 183 g/mol. The van der Waals surface area contributed by atoms with Gasteiger partial charge >= 0.3 is 5.97 Å². The first kappa shape index (κ1) is 9.00. The Labute approximate surface area is 79.0 Å². The molecule has 0 N–H and O–H groups in total. The summed E-state index contributed by atoms with van der Waals surface area (Å²) in [7, 11) is 2.12. The minimum absolute atomic E-state index is 0.00422. The maximum absolute atomic E-state index is 11.3. The minimum atomic E-state index is -0.0942. The van der Waals surface area contributed by atoms with E-state index in [0.29, 0.717) is 0 Å². The van der Waals surface area contributed by atoms with E-state index in [1.165, 1.54) is 0 Å². The first-order valence-electron chi connectivity index (χ1n) is 5.03. The molecule has 2 fully saturated rings. The molecule has 1 atom stereocenters. The number of ether oxygens (including phenoxy) is 1. The largest absolute Gasteiger partial charge is 0.459 e. The highest BCUT2D eigenvalue weighted by molar-refractivity contribution is 5.74. The van der Waals surface area contributed by atoms with Crippen LogP contribution in [0.15, 0.2) is 0 Å². The summed E-state index contributed by atoms with van der Waals surface area (Å²) in [6, 6.07) is 0. The molecule has 1 unspecified atom stereocenters. The van der Waals surface area contributed by atoms with Gasteiger partial charge < -0.3 is 9.64 Å². The van der Waals surface area contributed by atoms with Crippen molar-refractivity contribution in [2.75, 3.05) is 20.1 Å². The lowest BCUT2D eigenvalue weighted by atomic mass is 9.86. The number of esters is 1. The van der Waals surface area contributed by atoms with Gasteiger partial charge in [0.1, 0.15) is 5.60 Å². The Hall–Kier alpha value is -0.570. The van der Waals surface area contributed by atoms with Crippen LogP contribution in [0.5, 0.6) is 0 Å². The molecule has 0 aromatic carbocycles. The summed E-state index contributed by atoms with van der Waals surface area (Å²) >= 11 is 0. The molecule has 0 saturated carbocycles. The van der Waals surface area contributed by atoms with Gasteiger partial charge in [-0.05, 0) is 19.9 Å². The number of carbonyl (C=O) groups is 1. The second-order valence-corrected chi connectivity index (χ2v) is 4.51. The van der Waals surface area contributed by atoms with E-state index in [0.717, 1.165) is 32.4 Å².